The van der Waals surface area contributed by atoms with Crippen molar-refractivity contribution in [2.24, 2.45) is 29.6 Å². The van der Waals surface area contributed by atoms with Crippen molar-refractivity contribution in [3.8, 4) is 0 Å². The van der Waals surface area contributed by atoms with Crippen LogP contribution in [-0.2, 0) is 13.6 Å². The lowest BCUT2D eigenvalue weighted by Gasteiger charge is -2.57. The smallest absolute Gasteiger partial charge is 0.332 e. The van der Waals surface area contributed by atoms with Crippen molar-refractivity contribution in [1.29, 1.82) is 0 Å². The van der Waals surface area contributed by atoms with Gasteiger partial charge in [0.1, 0.15) is 0 Å². The molecule has 3 aliphatic carbocycles. The standard InChI is InChI=1S/C34H53N4O4P/c1-6-41-43(40,42-7-2)15-14-35-33-34(39)38(31-11-9-8-10-30(31)36-33)29-20-27-13-12-22(3)32(21-29)37(27)28-16-23(4)24(5)26-17-25(18-26)19-28/h8-11,22-29,32H,6-7,12-21H2,1-5H3,(H,35,36)/t22?,23?,24?,25?,26?,27-,28+,29+,32?/m1/s1. The zero-order chi connectivity index (χ0) is 30.3. The average molecular weight is 613 g/mol. The Balaban J connectivity index is 1.27. The molecule has 3 saturated carbocycles. The molecule has 4 unspecified atom stereocenters. The lowest BCUT2D eigenvalue weighted by atomic mass is 9.60. The van der Waals surface area contributed by atoms with Gasteiger partial charge >= 0.3 is 7.60 Å². The van der Waals surface area contributed by atoms with Crippen LogP contribution in [0.1, 0.15) is 92.0 Å². The molecule has 5 fully saturated rings. The van der Waals surface area contributed by atoms with Gasteiger partial charge in [-0.3, -0.25) is 14.3 Å². The maximum atomic E-state index is 14.2. The monoisotopic (exact) mass is 612 g/mol. The second-order valence-corrected chi connectivity index (χ2v) is 16.3. The molecule has 0 amide bonds. The second kappa shape index (κ2) is 12.9. The Morgan fingerprint density at radius 1 is 0.907 bits per heavy atom. The zero-order valence-electron chi connectivity index (χ0n) is 26.9. The highest BCUT2D eigenvalue weighted by Crippen LogP contribution is 2.51. The average Bonchev–Trinajstić information content (AvgIpc) is 2.95. The molecule has 2 saturated heterocycles. The highest BCUT2D eigenvalue weighted by Gasteiger charge is 2.48. The first-order chi connectivity index (χ1) is 20.7. The SMILES string of the molecule is CCOP(=O)(CCNc1nc2ccccc2n([C@@H]2CC3C(C)CC[C@H](C2)N3[C@@H]2CC3CC(C3)C(C)C(C)C2)c1=O)OCC. The van der Waals surface area contributed by atoms with E-state index in [9.17, 15) is 9.36 Å². The maximum Gasteiger partial charge on any atom is 0.332 e. The molecule has 9 heteroatoms. The fraction of sp³-hybridized carbons (Fsp3) is 0.765. The molecule has 238 valence electrons. The van der Waals surface area contributed by atoms with E-state index in [4.69, 9.17) is 14.0 Å². The normalized spacial score (nSPS) is 34.8. The Morgan fingerprint density at radius 3 is 2.40 bits per heavy atom. The highest BCUT2D eigenvalue weighted by atomic mass is 31.2. The first-order valence-corrected chi connectivity index (χ1v) is 18.8. The van der Waals surface area contributed by atoms with Gasteiger partial charge in [-0.1, -0.05) is 32.9 Å². The van der Waals surface area contributed by atoms with E-state index >= 15 is 0 Å². The van der Waals surface area contributed by atoms with Crippen LogP contribution in [0, 0.1) is 29.6 Å². The molecule has 7 atom stereocenters. The number of hydrogen-bond acceptors (Lipinski definition) is 7. The van der Waals surface area contributed by atoms with Gasteiger partial charge in [0.2, 0.25) is 0 Å². The number of nitrogens with zero attached hydrogens (tertiary/aromatic N) is 3. The zero-order valence-corrected chi connectivity index (χ0v) is 27.8. The summed E-state index contributed by atoms with van der Waals surface area (Å²) in [5, 5.41) is 3.22. The Labute approximate surface area is 257 Å². The van der Waals surface area contributed by atoms with Crippen LogP contribution in [0.4, 0.5) is 5.82 Å². The van der Waals surface area contributed by atoms with Gasteiger partial charge in [-0.2, -0.15) is 0 Å². The molecular formula is C34H53N4O4P. The molecule has 1 N–H and O–H groups in total. The summed E-state index contributed by atoms with van der Waals surface area (Å²) in [5.74, 6) is 4.40. The number of piperidine rings is 2. The third-order valence-electron chi connectivity index (χ3n) is 11.5. The molecule has 4 bridgehead atoms. The van der Waals surface area contributed by atoms with Crippen molar-refractivity contribution in [2.45, 2.75) is 110 Å². The number of benzene rings is 1. The molecule has 43 heavy (non-hydrogen) atoms. The van der Waals surface area contributed by atoms with Crippen LogP contribution in [-0.4, -0.2) is 58.5 Å². The Morgan fingerprint density at radius 2 is 1.65 bits per heavy atom. The van der Waals surface area contributed by atoms with Gasteiger partial charge in [-0.25, -0.2) is 4.98 Å². The van der Waals surface area contributed by atoms with Crippen LogP contribution < -0.4 is 10.9 Å². The van der Waals surface area contributed by atoms with Crippen LogP contribution in [0.3, 0.4) is 0 Å². The van der Waals surface area contributed by atoms with Crippen molar-refractivity contribution in [1.82, 2.24) is 14.5 Å². The van der Waals surface area contributed by atoms with Gasteiger partial charge in [0.15, 0.2) is 5.82 Å². The molecule has 8 nitrogen and oxygen atoms in total. The van der Waals surface area contributed by atoms with Gasteiger partial charge in [-0.15, -0.1) is 0 Å². The van der Waals surface area contributed by atoms with E-state index < -0.39 is 7.60 Å². The minimum absolute atomic E-state index is 0.0839. The minimum Gasteiger partial charge on any atom is -0.365 e. The van der Waals surface area contributed by atoms with Crippen LogP contribution in [0.15, 0.2) is 29.1 Å². The van der Waals surface area contributed by atoms with Crippen LogP contribution in [0.2, 0.25) is 0 Å². The van der Waals surface area contributed by atoms with Crippen molar-refractivity contribution in [3.63, 3.8) is 0 Å². The first kappa shape index (κ1) is 31.3. The molecule has 7 rings (SSSR count). The predicted molar refractivity (Wildman–Crippen MR) is 174 cm³/mol. The quantitative estimate of drug-likeness (QED) is 0.281. The number of nitrogens with one attached hydrogen (secondary N) is 1. The highest BCUT2D eigenvalue weighted by molar-refractivity contribution is 7.53. The summed E-state index contributed by atoms with van der Waals surface area (Å²) in [6, 6.07) is 9.83. The van der Waals surface area contributed by atoms with Crippen LogP contribution in [0.5, 0.6) is 0 Å². The van der Waals surface area contributed by atoms with Crippen LogP contribution in [0.25, 0.3) is 11.0 Å². The molecule has 0 spiro atoms. The van der Waals surface area contributed by atoms with E-state index in [2.05, 4.69) is 31.0 Å². The van der Waals surface area contributed by atoms with E-state index in [1.165, 1.54) is 38.5 Å². The molecule has 5 aliphatic rings. The number of hydrogen-bond donors (Lipinski definition) is 1. The summed E-state index contributed by atoms with van der Waals surface area (Å²) < 4.78 is 26.0. The van der Waals surface area contributed by atoms with Crippen molar-refractivity contribution < 1.29 is 13.6 Å². The molecule has 2 aliphatic heterocycles. The number of rotatable bonds is 10. The number of fused-ring (bicyclic) bond motifs is 8. The number of para-hydroxylation sites is 2. The maximum absolute atomic E-state index is 14.2. The third-order valence-corrected chi connectivity index (χ3v) is 13.6. The largest absolute Gasteiger partial charge is 0.365 e. The summed E-state index contributed by atoms with van der Waals surface area (Å²) in [7, 11) is -3.22. The molecule has 0 radical (unpaired) electrons. The van der Waals surface area contributed by atoms with E-state index in [0.717, 1.165) is 47.5 Å². The number of anilines is 1. The number of aromatic nitrogens is 2. The Bertz CT molecular complexity index is 1370. The van der Waals surface area contributed by atoms with Gasteiger partial charge < -0.3 is 18.9 Å². The van der Waals surface area contributed by atoms with Gasteiger partial charge in [0.25, 0.3) is 5.56 Å². The Kier molecular flexibility index (Phi) is 9.41. The second-order valence-electron chi connectivity index (χ2n) is 14.1. The molecule has 1 aromatic heterocycles. The summed E-state index contributed by atoms with van der Waals surface area (Å²) >= 11 is 0. The molecule has 2 aromatic rings. The van der Waals surface area contributed by atoms with E-state index in [1.54, 1.807) is 0 Å². The fourth-order valence-corrected chi connectivity index (χ4v) is 10.7. The predicted octanol–water partition coefficient (Wildman–Crippen LogP) is 7.34. The summed E-state index contributed by atoms with van der Waals surface area (Å²) in [4.78, 5) is 21.9. The van der Waals surface area contributed by atoms with Crippen molar-refractivity contribution in [2.75, 3.05) is 31.2 Å². The summed E-state index contributed by atoms with van der Waals surface area (Å²) in [6.45, 7) is 12.0. The van der Waals surface area contributed by atoms with Crippen molar-refractivity contribution in [3.05, 3.63) is 34.6 Å². The van der Waals surface area contributed by atoms with Crippen LogP contribution >= 0.6 is 7.60 Å². The topological polar surface area (TPSA) is 85.7 Å². The van der Waals surface area contributed by atoms with Gasteiger partial charge in [-0.05, 0) is 107 Å². The van der Waals surface area contributed by atoms with E-state index in [0.29, 0.717) is 49.6 Å². The third kappa shape index (κ3) is 6.23. The summed E-state index contributed by atoms with van der Waals surface area (Å²) in [6.07, 6.45) is 10.2. The van der Waals surface area contributed by atoms with E-state index in [-0.39, 0.29) is 17.8 Å². The molecule has 3 heterocycles. The van der Waals surface area contributed by atoms with Crippen molar-refractivity contribution >= 4 is 24.4 Å². The summed E-state index contributed by atoms with van der Waals surface area (Å²) in [5.41, 5.74) is 1.63. The first-order valence-electron chi connectivity index (χ1n) is 17.1. The minimum atomic E-state index is -3.22. The lowest BCUT2D eigenvalue weighted by molar-refractivity contribution is -0.0755. The molecular weight excluding hydrogens is 559 g/mol. The molecule has 1 aromatic carbocycles. The lowest BCUT2D eigenvalue weighted by Crippen LogP contribution is -2.61. The van der Waals surface area contributed by atoms with Gasteiger partial charge in [0, 0.05) is 30.7 Å². The Hall–Kier alpha value is -1.73. The van der Waals surface area contributed by atoms with Gasteiger partial charge in [0.05, 0.1) is 30.4 Å². The fourth-order valence-electron chi connectivity index (χ4n) is 9.17. The van der Waals surface area contributed by atoms with E-state index in [1.807, 2.05) is 42.7 Å².